The highest BCUT2D eigenvalue weighted by Gasteiger charge is 2.12. The van der Waals surface area contributed by atoms with E-state index in [0.717, 1.165) is 28.4 Å². The lowest BCUT2D eigenvalue weighted by molar-refractivity contribution is 0.108. The van der Waals surface area contributed by atoms with E-state index < -0.39 is 0 Å². The van der Waals surface area contributed by atoms with Gasteiger partial charge in [0.1, 0.15) is 0 Å². The van der Waals surface area contributed by atoms with Crippen molar-refractivity contribution in [1.29, 1.82) is 0 Å². The molecular formula is C18H16N2OS. The van der Waals surface area contributed by atoms with Crippen molar-refractivity contribution in [2.75, 3.05) is 0 Å². The molecule has 110 valence electrons. The second-order valence-corrected chi connectivity index (χ2v) is 6.24. The first-order chi connectivity index (χ1) is 10.5. The zero-order valence-electron chi connectivity index (χ0n) is 12.8. The third-order valence-electron chi connectivity index (χ3n) is 3.67. The van der Waals surface area contributed by atoms with E-state index in [-0.39, 0.29) is 5.12 Å². The van der Waals surface area contributed by atoms with Crippen LogP contribution in [0.3, 0.4) is 0 Å². The van der Waals surface area contributed by atoms with Crippen LogP contribution in [0.1, 0.15) is 27.2 Å². The topological polar surface area (TPSA) is 42.9 Å². The maximum absolute atomic E-state index is 12.3. The fourth-order valence-corrected chi connectivity index (χ4v) is 3.02. The first-order valence-electron chi connectivity index (χ1n) is 7.07. The molecule has 4 heteroatoms. The van der Waals surface area contributed by atoms with Gasteiger partial charge >= 0.3 is 0 Å². The van der Waals surface area contributed by atoms with E-state index in [1.54, 1.807) is 12.1 Å². The van der Waals surface area contributed by atoms with Crippen LogP contribution in [0.5, 0.6) is 0 Å². The molecule has 22 heavy (non-hydrogen) atoms. The number of benzene rings is 2. The fourth-order valence-electron chi connectivity index (χ4n) is 2.28. The van der Waals surface area contributed by atoms with Crippen molar-refractivity contribution < 1.29 is 4.79 Å². The van der Waals surface area contributed by atoms with Crippen LogP contribution in [0.4, 0.5) is 0 Å². The average Bonchev–Trinajstić information content (AvgIpc) is 2.50. The molecule has 3 rings (SSSR count). The molecule has 1 heterocycles. The second kappa shape index (κ2) is 5.89. The molecule has 0 saturated heterocycles. The van der Waals surface area contributed by atoms with E-state index in [4.69, 9.17) is 0 Å². The summed E-state index contributed by atoms with van der Waals surface area (Å²) in [6.07, 6.45) is 0. The van der Waals surface area contributed by atoms with Crippen LogP contribution in [-0.2, 0) is 0 Å². The van der Waals surface area contributed by atoms with E-state index in [1.165, 1.54) is 11.1 Å². The van der Waals surface area contributed by atoms with Gasteiger partial charge in [-0.1, -0.05) is 30.3 Å². The van der Waals surface area contributed by atoms with Crippen molar-refractivity contribution in [1.82, 2.24) is 9.97 Å². The maximum atomic E-state index is 12.3. The number of rotatable bonds is 2. The Hall–Kier alpha value is -2.20. The van der Waals surface area contributed by atoms with Crippen molar-refractivity contribution in [2.24, 2.45) is 0 Å². The number of carbonyl (C=O) groups excluding carboxylic acids is 1. The molecule has 1 aromatic heterocycles. The summed E-state index contributed by atoms with van der Waals surface area (Å²) in [5.41, 5.74) is 4.86. The predicted molar refractivity (Wildman–Crippen MR) is 90.4 cm³/mol. The summed E-state index contributed by atoms with van der Waals surface area (Å²) in [5.74, 6) is 0. The predicted octanol–water partition coefficient (Wildman–Crippen LogP) is 4.49. The molecule has 0 fully saturated rings. The number of carbonyl (C=O) groups is 1. The molecule has 3 aromatic rings. The minimum absolute atomic E-state index is 0.0387. The second-order valence-electron chi connectivity index (χ2n) is 5.30. The van der Waals surface area contributed by atoms with E-state index in [1.807, 2.05) is 25.1 Å². The summed E-state index contributed by atoms with van der Waals surface area (Å²) in [6.45, 7) is 6.10. The third-order valence-corrected chi connectivity index (χ3v) is 4.46. The number of nitrogens with zero attached hydrogens (tertiary/aromatic N) is 2. The molecule has 0 radical (unpaired) electrons. The van der Waals surface area contributed by atoms with E-state index in [2.05, 4.69) is 35.9 Å². The number of aromatic nitrogens is 2. The van der Waals surface area contributed by atoms with Crippen molar-refractivity contribution >= 4 is 27.8 Å². The van der Waals surface area contributed by atoms with Crippen LogP contribution in [-0.4, -0.2) is 15.1 Å². The highest BCUT2D eigenvalue weighted by atomic mass is 32.2. The van der Waals surface area contributed by atoms with Crippen molar-refractivity contribution in [3.63, 3.8) is 0 Å². The van der Waals surface area contributed by atoms with Crippen molar-refractivity contribution in [2.45, 2.75) is 25.9 Å². The van der Waals surface area contributed by atoms with Gasteiger partial charge in [-0.05, 0) is 55.8 Å². The van der Waals surface area contributed by atoms with Crippen LogP contribution in [0.15, 0.2) is 47.6 Å². The molecule has 3 nitrogen and oxygen atoms in total. The van der Waals surface area contributed by atoms with E-state index in [0.29, 0.717) is 10.7 Å². The SMILES string of the molecule is Cc1cc2nc(SC(=O)c3ccccc3)nc(C)c2cc1C. The molecule has 0 amide bonds. The monoisotopic (exact) mass is 308 g/mol. The lowest BCUT2D eigenvalue weighted by Crippen LogP contribution is -1.99. The standard InChI is InChI=1S/C18H16N2OS/c1-11-9-15-13(3)19-18(20-16(15)10-12(11)2)22-17(21)14-7-5-4-6-8-14/h4-10H,1-3H3. The summed E-state index contributed by atoms with van der Waals surface area (Å²) in [7, 11) is 0. The highest BCUT2D eigenvalue weighted by molar-refractivity contribution is 8.14. The zero-order chi connectivity index (χ0) is 15.7. The van der Waals surface area contributed by atoms with Crippen LogP contribution < -0.4 is 0 Å². The van der Waals surface area contributed by atoms with Crippen molar-refractivity contribution in [3.8, 4) is 0 Å². The quantitative estimate of drug-likeness (QED) is 0.517. The number of hydrogen-bond acceptors (Lipinski definition) is 4. The molecule has 0 aliphatic carbocycles. The zero-order valence-corrected chi connectivity index (χ0v) is 13.6. The molecular weight excluding hydrogens is 292 g/mol. The molecule has 0 N–H and O–H groups in total. The summed E-state index contributed by atoms with van der Waals surface area (Å²) in [5, 5.41) is 1.50. The van der Waals surface area contributed by atoms with Gasteiger partial charge in [-0.15, -0.1) is 0 Å². The molecule has 0 unspecified atom stereocenters. The van der Waals surface area contributed by atoms with Gasteiger partial charge in [0.2, 0.25) is 5.12 Å². The Morgan fingerprint density at radius 2 is 1.64 bits per heavy atom. The van der Waals surface area contributed by atoms with Crippen LogP contribution in [0.25, 0.3) is 10.9 Å². The fraction of sp³-hybridized carbons (Fsp3) is 0.167. The van der Waals surface area contributed by atoms with Crippen LogP contribution >= 0.6 is 11.8 Å². The third kappa shape index (κ3) is 2.88. The van der Waals surface area contributed by atoms with Crippen LogP contribution in [0.2, 0.25) is 0 Å². The lowest BCUT2D eigenvalue weighted by atomic mass is 10.1. The molecule has 0 bridgehead atoms. The lowest BCUT2D eigenvalue weighted by Gasteiger charge is -2.07. The molecule has 0 saturated carbocycles. The van der Waals surface area contributed by atoms with Gasteiger partial charge in [0.25, 0.3) is 0 Å². The van der Waals surface area contributed by atoms with Gasteiger partial charge in [-0.3, -0.25) is 4.79 Å². The van der Waals surface area contributed by atoms with Crippen molar-refractivity contribution in [3.05, 3.63) is 64.8 Å². The summed E-state index contributed by atoms with van der Waals surface area (Å²) in [4.78, 5) is 21.3. The molecule has 0 atom stereocenters. The van der Waals surface area contributed by atoms with Gasteiger partial charge < -0.3 is 0 Å². The molecule has 0 aliphatic rings. The van der Waals surface area contributed by atoms with Gasteiger partial charge in [0.05, 0.1) is 5.52 Å². The Balaban J connectivity index is 1.98. The van der Waals surface area contributed by atoms with Gasteiger partial charge in [0.15, 0.2) is 5.16 Å². The van der Waals surface area contributed by atoms with Gasteiger partial charge in [-0.2, -0.15) is 0 Å². The summed E-state index contributed by atoms with van der Waals surface area (Å²) >= 11 is 1.07. The Morgan fingerprint density at radius 1 is 0.955 bits per heavy atom. The summed E-state index contributed by atoms with van der Waals surface area (Å²) in [6, 6.07) is 13.4. The normalized spacial score (nSPS) is 10.9. The number of fused-ring (bicyclic) bond motifs is 1. The minimum Gasteiger partial charge on any atom is -0.281 e. The minimum atomic E-state index is -0.0387. The van der Waals surface area contributed by atoms with Gasteiger partial charge in [-0.25, -0.2) is 9.97 Å². The first kappa shape index (κ1) is 14.7. The number of thioether (sulfide) groups is 1. The van der Waals surface area contributed by atoms with E-state index >= 15 is 0 Å². The smallest absolute Gasteiger partial charge is 0.227 e. The van der Waals surface area contributed by atoms with Crippen LogP contribution in [0, 0.1) is 20.8 Å². The summed E-state index contributed by atoms with van der Waals surface area (Å²) < 4.78 is 0. The number of hydrogen-bond donors (Lipinski definition) is 0. The Kier molecular flexibility index (Phi) is 3.94. The van der Waals surface area contributed by atoms with Gasteiger partial charge in [0, 0.05) is 16.6 Å². The van der Waals surface area contributed by atoms with E-state index in [9.17, 15) is 4.79 Å². The largest absolute Gasteiger partial charge is 0.281 e. The molecule has 2 aromatic carbocycles. The molecule has 0 spiro atoms. The average molecular weight is 308 g/mol. The first-order valence-corrected chi connectivity index (χ1v) is 7.89. The molecule has 0 aliphatic heterocycles. The Labute approximate surface area is 133 Å². The highest BCUT2D eigenvalue weighted by Crippen LogP contribution is 2.25. The Bertz CT molecular complexity index is 860. The maximum Gasteiger partial charge on any atom is 0.227 e. The number of aryl methyl sites for hydroxylation is 3. The Morgan fingerprint density at radius 3 is 2.36 bits per heavy atom.